The minimum absolute atomic E-state index is 0.239. The molecule has 2 N–H and O–H groups in total. The zero-order valence-corrected chi connectivity index (χ0v) is 5.55. The maximum Gasteiger partial charge on any atom is 0.0621 e. The van der Waals surface area contributed by atoms with Crippen molar-refractivity contribution in [3.05, 3.63) is 12.7 Å². The zero-order chi connectivity index (χ0) is 6.69. The van der Waals surface area contributed by atoms with E-state index in [0.29, 0.717) is 5.92 Å². The summed E-state index contributed by atoms with van der Waals surface area (Å²) < 4.78 is 5.15. The molecule has 1 rings (SSSR count). The third kappa shape index (κ3) is 1.53. The first-order chi connectivity index (χ1) is 4.34. The number of allylic oxidation sites excluding steroid dienone is 1. The van der Waals surface area contributed by atoms with Gasteiger partial charge in [-0.15, -0.1) is 6.58 Å². The van der Waals surface area contributed by atoms with E-state index in [1.165, 1.54) is 0 Å². The molecule has 2 heteroatoms. The highest BCUT2D eigenvalue weighted by Crippen LogP contribution is 2.15. The molecule has 9 heavy (non-hydrogen) atoms. The Morgan fingerprint density at radius 3 is 2.89 bits per heavy atom. The van der Waals surface area contributed by atoms with Crippen molar-refractivity contribution >= 4 is 0 Å². The summed E-state index contributed by atoms with van der Waals surface area (Å²) in [6.07, 6.45) is 2.89. The molecule has 1 heterocycles. The predicted octanol–water partition coefficient (Wildman–Crippen LogP) is 0.536. The first kappa shape index (κ1) is 6.78. The van der Waals surface area contributed by atoms with Gasteiger partial charge in [-0.3, -0.25) is 0 Å². The molecule has 0 aromatic carbocycles. The lowest BCUT2D eigenvalue weighted by molar-refractivity contribution is 0.184. The summed E-state index contributed by atoms with van der Waals surface area (Å²) in [5, 5.41) is 0. The molecule has 2 nitrogen and oxygen atoms in total. The highest BCUT2D eigenvalue weighted by atomic mass is 16.5. The average molecular weight is 127 g/mol. The van der Waals surface area contributed by atoms with Gasteiger partial charge in [0, 0.05) is 12.0 Å². The monoisotopic (exact) mass is 127 g/mol. The van der Waals surface area contributed by atoms with E-state index in [2.05, 4.69) is 6.58 Å². The van der Waals surface area contributed by atoms with E-state index in [4.69, 9.17) is 10.5 Å². The van der Waals surface area contributed by atoms with Gasteiger partial charge in [-0.1, -0.05) is 6.08 Å². The number of nitrogens with two attached hydrogens (primary N) is 1. The Morgan fingerprint density at radius 2 is 2.44 bits per heavy atom. The Morgan fingerprint density at radius 1 is 1.67 bits per heavy atom. The number of hydrogen-bond donors (Lipinski definition) is 1. The van der Waals surface area contributed by atoms with Crippen LogP contribution < -0.4 is 5.73 Å². The second kappa shape index (κ2) is 2.99. The van der Waals surface area contributed by atoms with Gasteiger partial charge in [0.25, 0.3) is 0 Å². The Bertz CT molecular complexity index is 103. The van der Waals surface area contributed by atoms with Crippen LogP contribution in [0.2, 0.25) is 0 Å². The lowest BCUT2D eigenvalue weighted by Crippen LogP contribution is -2.27. The van der Waals surface area contributed by atoms with E-state index in [1.807, 2.05) is 6.08 Å². The van der Waals surface area contributed by atoms with Crippen molar-refractivity contribution < 1.29 is 4.74 Å². The molecule has 1 aliphatic rings. The Labute approximate surface area is 55.7 Å². The van der Waals surface area contributed by atoms with E-state index in [1.54, 1.807) is 0 Å². The van der Waals surface area contributed by atoms with Gasteiger partial charge in [-0.05, 0) is 6.42 Å². The Kier molecular flexibility index (Phi) is 2.25. The topological polar surface area (TPSA) is 35.2 Å². The van der Waals surface area contributed by atoms with E-state index >= 15 is 0 Å². The average Bonchev–Trinajstić information content (AvgIpc) is 2.18. The molecule has 1 aliphatic heterocycles. The third-order valence-electron chi connectivity index (χ3n) is 1.72. The summed E-state index contributed by atoms with van der Waals surface area (Å²) in [6, 6.07) is 0.239. The lowest BCUT2D eigenvalue weighted by Gasteiger charge is -2.08. The number of hydrogen-bond acceptors (Lipinski definition) is 2. The molecule has 0 spiro atoms. The quantitative estimate of drug-likeness (QED) is 0.549. The van der Waals surface area contributed by atoms with E-state index < -0.39 is 0 Å². The van der Waals surface area contributed by atoms with Gasteiger partial charge in [0.15, 0.2) is 0 Å². The molecule has 2 unspecified atom stereocenters. The van der Waals surface area contributed by atoms with Gasteiger partial charge in [-0.2, -0.15) is 0 Å². The molecule has 52 valence electrons. The maximum atomic E-state index is 5.69. The lowest BCUT2D eigenvalue weighted by atomic mass is 10.0. The van der Waals surface area contributed by atoms with Gasteiger partial charge in [0.2, 0.25) is 0 Å². The van der Waals surface area contributed by atoms with Crippen LogP contribution in [0.15, 0.2) is 12.7 Å². The van der Waals surface area contributed by atoms with Crippen LogP contribution in [0.25, 0.3) is 0 Å². The largest absolute Gasteiger partial charge is 0.379 e. The van der Waals surface area contributed by atoms with Crippen molar-refractivity contribution in [3.8, 4) is 0 Å². The Hall–Kier alpha value is -0.340. The van der Waals surface area contributed by atoms with Crippen LogP contribution in [0.1, 0.15) is 6.42 Å². The zero-order valence-electron chi connectivity index (χ0n) is 5.55. The van der Waals surface area contributed by atoms with Gasteiger partial charge < -0.3 is 10.5 Å². The van der Waals surface area contributed by atoms with Crippen LogP contribution in [0, 0.1) is 5.92 Å². The predicted molar refractivity (Wildman–Crippen MR) is 37.1 cm³/mol. The molecular weight excluding hydrogens is 114 g/mol. The number of ether oxygens (including phenoxy) is 1. The summed E-state index contributed by atoms with van der Waals surface area (Å²) in [6.45, 7) is 5.18. The fourth-order valence-electron chi connectivity index (χ4n) is 1.07. The van der Waals surface area contributed by atoms with E-state index in [0.717, 1.165) is 19.6 Å². The molecule has 0 aromatic rings. The van der Waals surface area contributed by atoms with Gasteiger partial charge in [-0.25, -0.2) is 0 Å². The van der Waals surface area contributed by atoms with E-state index in [-0.39, 0.29) is 6.04 Å². The molecule has 0 bridgehead atoms. The van der Waals surface area contributed by atoms with Crippen molar-refractivity contribution in [2.75, 3.05) is 13.2 Å². The first-order valence-electron chi connectivity index (χ1n) is 3.29. The molecule has 0 amide bonds. The summed E-state index contributed by atoms with van der Waals surface area (Å²) >= 11 is 0. The standard InChI is InChI=1S/C7H13NO/c1-2-3-6-4-9-5-7(6)8/h2,6-7H,1,3-5,8H2. The van der Waals surface area contributed by atoms with Gasteiger partial charge >= 0.3 is 0 Å². The van der Waals surface area contributed by atoms with Crippen molar-refractivity contribution in [2.24, 2.45) is 11.7 Å². The Balaban J connectivity index is 2.30. The summed E-state index contributed by atoms with van der Waals surface area (Å²) in [5.74, 6) is 0.516. The minimum Gasteiger partial charge on any atom is -0.379 e. The highest BCUT2D eigenvalue weighted by Gasteiger charge is 2.22. The molecule has 0 aromatic heterocycles. The molecule has 2 atom stereocenters. The summed E-state index contributed by atoms with van der Waals surface area (Å²) in [5.41, 5.74) is 5.69. The fraction of sp³-hybridized carbons (Fsp3) is 0.714. The van der Waals surface area contributed by atoms with Crippen LogP contribution in [0.4, 0.5) is 0 Å². The van der Waals surface area contributed by atoms with Crippen LogP contribution in [0.3, 0.4) is 0 Å². The highest BCUT2D eigenvalue weighted by molar-refractivity contribution is 4.83. The van der Waals surface area contributed by atoms with Crippen molar-refractivity contribution in [3.63, 3.8) is 0 Å². The number of rotatable bonds is 2. The smallest absolute Gasteiger partial charge is 0.0621 e. The maximum absolute atomic E-state index is 5.69. The molecule has 0 saturated carbocycles. The van der Waals surface area contributed by atoms with E-state index in [9.17, 15) is 0 Å². The first-order valence-corrected chi connectivity index (χ1v) is 3.29. The molecule has 0 aliphatic carbocycles. The molecule has 1 fully saturated rings. The second-order valence-corrected chi connectivity index (χ2v) is 2.49. The van der Waals surface area contributed by atoms with Crippen molar-refractivity contribution in [1.29, 1.82) is 0 Å². The van der Waals surface area contributed by atoms with Crippen LogP contribution >= 0.6 is 0 Å². The second-order valence-electron chi connectivity index (χ2n) is 2.49. The molecular formula is C7H13NO. The van der Waals surface area contributed by atoms with Gasteiger partial charge in [0.1, 0.15) is 0 Å². The third-order valence-corrected chi connectivity index (χ3v) is 1.72. The fourth-order valence-corrected chi connectivity index (χ4v) is 1.07. The normalized spacial score (nSPS) is 34.8. The summed E-state index contributed by atoms with van der Waals surface area (Å²) in [4.78, 5) is 0. The summed E-state index contributed by atoms with van der Waals surface area (Å²) in [7, 11) is 0. The molecule has 1 saturated heterocycles. The minimum atomic E-state index is 0.239. The SMILES string of the molecule is C=CCC1COCC1N. The van der Waals surface area contributed by atoms with Crippen LogP contribution in [-0.2, 0) is 4.74 Å². The van der Waals surface area contributed by atoms with Crippen molar-refractivity contribution in [1.82, 2.24) is 0 Å². The molecule has 0 radical (unpaired) electrons. The van der Waals surface area contributed by atoms with Crippen LogP contribution in [-0.4, -0.2) is 19.3 Å². The van der Waals surface area contributed by atoms with Crippen LogP contribution in [0.5, 0.6) is 0 Å². The van der Waals surface area contributed by atoms with Gasteiger partial charge in [0.05, 0.1) is 13.2 Å². The van der Waals surface area contributed by atoms with Crippen molar-refractivity contribution in [2.45, 2.75) is 12.5 Å².